The number of aliphatic hydroxyl groups is 2. The van der Waals surface area contributed by atoms with Crippen LogP contribution in [-0.4, -0.2) is 42.7 Å². The van der Waals surface area contributed by atoms with Crippen LogP contribution < -0.4 is 0 Å². The molecular formula is C5H11BO4. The van der Waals surface area contributed by atoms with Gasteiger partial charge in [-0.05, 0) is 6.92 Å². The Morgan fingerprint density at radius 2 is 2.30 bits per heavy atom. The fourth-order valence-electron chi connectivity index (χ4n) is 0.334. The second-order valence-electron chi connectivity index (χ2n) is 2.11. The predicted molar refractivity (Wildman–Crippen MR) is 37.2 cm³/mol. The molecule has 0 aliphatic rings. The Morgan fingerprint density at radius 1 is 1.80 bits per heavy atom. The standard InChI is InChI=1S/C5H11BO4/c1-3(2-7)10-5(9)4(6)8/h3-4,7-8H,2,6H2,1H3. The summed E-state index contributed by atoms with van der Waals surface area (Å²) in [4.78, 5) is 10.5. The van der Waals surface area contributed by atoms with Crippen LogP contribution in [0.3, 0.4) is 0 Å². The molecule has 2 unspecified atom stereocenters. The van der Waals surface area contributed by atoms with Crippen LogP contribution in [-0.2, 0) is 9.53 Å². The second kappa shape index (κ2) is 4.30. The lowest BCUT2D eigenvalue weighted by Gasteiger charge is -2.10. The van der Waals surface area contributed by atoms with Gasteiger partial charge in [0.25, 0.3) is 0 Å². The largest absolute Gasteiger partial charge is 0.459 e. The molecule has 0 aromatic carbocycles. The summed E-state index contributed by atoms with van der Waals surface area (Å²) in [6.07, 6.45) is -0.540. The number of esters is 1. The number of carbonyl (C=O) groups is 1. The topological polar surface area (TPSA) is 66.8 Å². The second-order valence-corrected chi connectivity index (χ2v) is 2.11. The summed E-state index contributed by atoms with van der Waals surface area (Å²) in [6, 6.07) is -1.12. The Labute approximate surface area is 60.2 Å². The van der Waals surface area contributed by atoms with Gasteiger partial charge in [-0.3, -0.25) is 4.79 Å². The van der Waals surface area contributed by atoms with Gasteiger partial charge in [0.15, 0.2) is 7.85 Å². The monoisotopic (exact) mass is 146 g/mol. The first-order valence-electron chi connectivity index (χ1n) is 3.07. The van der Waals surface area contributed by atoms with Crippen LogP contribution >= 0.6 is 0 Å². The molecule has 0 aliphatic carbocycles. The number of carbonyl (C=O) groups excluding carboxylic acids is 1. The van der Waals surface area contributed by atoms with Gasteiger partial charge in [0.05, 0.1) is 6.61 Å². The zero-order valence-electron chi connectivity index (χ0n) is 6.07. The van der Waals surface area contributed by atoms with Gasteiger partial charge >= 0.3 is 5.97 Å². The maximum Gasteiger partial charge on any atom is 0.326 e. The van der Waals surface area contributed by atoms with E-state index in [4.69, 9.17) is 10.2 Å². The zero-order valence-corrected chi connectivity index (χ0v) is 6.07. The van der Waals surface area contributed by atoms with Crippen LogP contribution in [0.2, 0.25) is 0 Å². The molecule has 2 N–H and O–H groups in total. The summed E-state index contributed by atoms with van der Waals surface area (Å²) in [5.41, 5.74) is 0. The van der Waals surface area contributed by atoms with Crippen molar-refractivity contribution in [2.75, 3.05) is 6.61 Å². The van der Waals surface area contributed by atoms with Crippen LogP contribution in [0.15, 0.2) is 0 Å². The molecule has 0 heterocycles. The fraction of sp³-hybridized carbons (Fsp3) is 0.800. The van der Waals surface area contributed by atoms with E-state index in [0.717, 1.165) is 0 Å². The Morgan fingerprint density at radius 3 is 2.60 bits per heavy atom. The molecule has 5 heteroatoms. The van der Waals surface area contributed by atoms with Crippen LogP contribution in [0.25, 0.3) is 0 Å². The van der Waals surface area contributed by atoms with Gasteiger partial charge in [-0.15, -0.1) is 0 Å². The molecule has 0 spiro atoms. The normalized spacial score (nSPS) is 15.9. The lowest BCUT2D eigenvalue weighted by atomic mass is 10.0. The third kappa shape index (κ3) is 3.47. The highest BCUT2D eigenvalue weighted by molar-refractivity contribution is 6.21. The average molecular weight is 146 g/mol. The Bertz CT molecular complexity index is 114. The van der Waals surface area contributed by atoms with E-state index < -0.39 is 18.1 Å². The summed E-state index contributed by atoms with van der Waals surface area (Å²) in [6.45, 7) is 1.32. The third-order valence-corrected chi connectivity index (χ3v) is 0.916. The number of ether oxygens (including phenoxy) is 1. The van der Waals surface area contributed by atoms with Crippen molar-refractivity contribution in [1.29, 1.82) is 0 Å². The first kappa shape index (κ1) is 9.45. The summed E-state index contributed by atoms with van der Waals surface area (Å²) in [7, 11) is 1.31. The van der Waals surface area contributed by atoms with Crippen molar-refractivity contribution in [2.45, 2.75) is 19.0 Å². The number of aliphatic hydroxyl groups excluding tert-OH is 2. The highest BCUT2D eigenvalue weighted by Crippen LogP contribution is 1.91. The smallest absolute Gasteiger partial charge is 0.326 e. The predicted octanol–water partition coefficient (Wildman–Crippen LogP) is -2.14. The minimum Gasteiger partial charge on any atom is -0.459 e. The van der Waals surface area contributed by atoms with E-state index in [1.54, 1.807) is 6.92 Å². The maximum atomic E-state index is 10.5. The van der Waals surface area contributed by atoms with Crippen molar-refractivity contribution >= 4 is 13.8 Å². The van der Waals surface area contributed by atoms with Crippen LogP contribution in [0.5, 0.6) is 0 Å². The molecule has 0 bridgehead atoms. The van der Waals surface area contributed by atoms with Crippen LogP contribution in [0.4, 0.5) is 0 Å². The molecule has 0 saturated heterocycles. The fourth-order valence-corrected chi connectivity index (χ4v) is 0.334. The quantitative estimate of drug-likeness (QED) is 0.352. The van der Waals surface area contributed by atoms with Crippen LogP contribution in [0.1, 0.15) is 6.92 Å². The molecule has 58 valence electrons. The lowest BCUT2D eigenvalue weighted by Crippen LogP contribution is -2.28. The first-order chi connectivity index (χ1) is 4.57. The molecule has 0 aromatic rings. The molecular weight excluding hydrogens is 135 g/mol. The summed E-state index contributed by atoms with van der Waals surface area (Å²) in [5.74, 6) is -0.707. The molecule has 0 amide bonds. The van der Waals surface area contributed by atoms with Gasteiger partial charge in [-0.2, -0.15) is 0 Å². The molecule has 0 rings (SSSR count). The highest BCUT2D eigenvalue weighted by Gasteiger charge is 2.12. The number of rotatable bonds is 3. The van der Waals surface area contributed by atoms with Gasteiger partial charge in [0.1, 0.15) is 12.1 Å². The highest BCUT2D eigenvalue weighted by atomic mass is 16.6. The Balaban J connectivity index is 3.57. The molecule has 0 radical (unpaired) electrons. The van der Waals surface area contributed by atoms with Crippen molar-refractivity contribution in [3.05, 3.63) is 0 Å². The minimum atomic E-state index is -1.12. The third-order valence-electron chi connectivity index (χ3n) is 0.916. The van der Waals surface area contributed by atoms with E-state index in [1.807, 2.05) is 0 Å². The average Bonchev–Trinajstić information content (AvgIpc) is 1.87. The van der Waals surface area contributed by atoms with Gasteiger partial charge in [-0.25, -0.2) is 0 Å². The molecule has 4 nitrogen and oxygen atoms in total. The van der Waals surface area contributed by atoms with Gasteiger partial charge in [-0.1, -0.05) is 0 Å². The molecule has 0 saturated carbocycles. The maximum absolute atomic E-state index is 10.5. The molecule has 2 atom stereocenters. The van der Waals surface area contributed by atoms with E-state index >= 15 is 0 Å². The van der Waals surface area contributed by atoms with Crippen molar-refractivity contribution in [1.82, 2.24) is 0 Å². The Kier molecular flexibility index (Phi) is 4.06. The van der Waals surface area contributed by atoms with E-state index in [9.17, 15) is 4.79 Å². The molecule has 0 aliphatic heterocycles. The summed E-state index contributed by atoms with van der Waals surface area (Å²) < 4.78 is 4.52. The van der Waals surface area contributed by atoms with Crippen molar-refractivity contribution in [3.8, 4) is 0 Å². The molecule has 0 fully saturated rings. The lowest BCUT2D eigenvalue weighted by molar-refractivity contribution is -0.155. The van der Waals surface area contributed by atoms with E-state index in [-0.39, 0.29) is 6.61 Å². The number of hydrogen-bond acceptors (Lipinski definition) is 4. The van der Waals surface area contributed by atoms with E-state index in [1.165, 1.54) is 7.85 Å². The SMILES string of the molecule is BC(O)C(=O)OC(C)CO. The summed E-state index contributed by atoms with van der Waals surface area (Å²) in [5, 5.41) is 17.0. The van der Waals surface area contributed by atoms with Gasteiger partial charge in [0, 0.05) is 0 Å². The Hall–Kier alpha value is -0.545. The van der Waals surface area contributed by atoms with Crippen molar-refractivity contribution in [2.24, 2.45) is 0 Å². The molecule has 10 heavy (non-hydrogen) atoms. The molecule has 0 aromatic heterocycles. The van der Waals surface area contributed by atoms with Gasteiger partial charge < -0.3 is 14.9 Å². The van der Waals surface area contributed by atoms with Crippen molar-refractivity contribution in [3.63, 3.8) is 0 Å². The van der Waals surface area contributed by atoms with Crippen LogP contribution in [0, 0.1) is 0 Å². The van der Waals surface area contributed by atoms with Gasteiger partial charge in [0.2, 0.25) is 0 Å². The van der Waals surface area contributed by atoms with Crippen molar-refractivity contribution < 1.29 is 19.7 Å². The summed E-state index contributed by atoms with van der Waals surface area (Å²) >= 11 is 0. The zero-order chi connectivity index (χ0) is 8.15. The minimum absolute atomic E-state index is 0.224. The first-order valence-corrected chi connectivity index (χ1v) is 3.07. The number of hydrogen-bond donors (Lipinski definition) is 2. The van der Waals surface area contributed by atoms with E-state index in [2.05, 4.69) is 4.74 Å². The van der Waals surface area contributed by atoms with E-state index in [0.29, 0.717) is 0 Å².